The Morgan fingerprint density at radius 2 is 0.819 bits per heavy atom. The quantitative estimate of drug-likeness (QED) is 0.0544. The second-order valence-corrected chi connectivity index (χ2v) is 17.3. The van der Waals surface area contributed by atoms with Gasteiger partial charge in [-0.25, -0.2) is 0 Å². The number of nitrogens with zero attached hydrogens (tertiary/aromatic N) is 9. The van der Waals surface area contributed by atoms with Gasteiger partial charge in [-0.1, -0.05) is 149 Å². The van der Waals surface area contributed by atoms with Gasteiger partial charge in [0.15, 0.2) is 16.3 Å². The van der Waals surface area contributed by atoms with E-state index in [0.717, 1.165) is 16.9 Å². The smallest absolute Gasteiger partial charge is 0.373 e. The zero-order valence-electron chi connectivity index (χ0n) is 36.0. The fraction of sp³-hybridized carbons (Fsp3) is 0.118. The van der Waals surface area contributed by atoms with Crippen LogP contribution in [0.15, 0.2) is 165 Å². The van der Waals surface area contributed by atoms with Gasteiger partial charge in [0.2, 0.25) is 0 Å². The van der Waals surface area contributed by atoms with E-state index in [2.05, 4.69) is 26.0 Å². The third kappa shape index (κ3) is 14.5. The van der Waals surface area contributed by atoms with Gasteiger partial charge in [-0.2, -0.15) is 0 Å². The Labute approximate surface area is 477 Å². The van der Waals surface area contributed by atoms with Crippen molar-refractivity contribution in [3.8, 4) is 17.1 Å². The van der Waals surface area contributed by atoms with Crippen molar-refractivity contribution in [1.29, 1.82) is 0 Å². The molecule has 0 aliphatic rings. The molecule has 0 spiro atoms. The minimum atomic E-state index is -0.188. The number of azide groups is 1. The standard InChI is InChI=1S/C16H10BrCl2NO.C16H10Cl2N4O.C16H12Cl2N2O.3CH4.N3.Na.H2/c17-8-10-9-20(14-4-2-1-3-13(14)19)15-7-11(18)5-6-12(15)16(10)21;17-11-5-6-12-15(7-11)22(14-4-2-1-3-13(14)18)9-10(16(12)23)8-20-21-19;17-11-5-6-12-15(7-11)20(9-10(8-19)16(12)21)14-4-2-1-3-13(14)18;;;;1-3-2;;/h1-7,9H,8H2;1-7,9H,8H2;1-7,9H,8,19H2;3*1H4;;;1H/q;;;;;;-1;+1;. The number of hydrogen-bond donors (Lipinski definition) is 1. The average molecular weight is 1160 g/mol. The van der Waals surface area contributed by atoms with Crippen LogP contribution in [0.1, 0.15) is 40.4 Å². The summed E-state index contributed by atoms with van der Waals surface area (Å²) in [6.07, 6.45) is 5.16. The van der Waals surface area contributed by atoms with E-state index in [-0.39, 0.29) is 82.6 Å². The normalized spacial score (nSPS) is 9.89. The SMILES string of the molecule is C.C.C.NCc1cn(-c2ccccc2Cl)c2cc(Cl)ccc2c1=O.O=c1c(CBr)cn(-c2ccccc2Cl)c2cc(Cl)ccc12.[HH].[N-]=[N+]=NCc1cn(-c2ccccc2Cl)c2cc(Cl)ccc2c1=O.[N-]=[N+]=[N-].[Na+]. The number of fused-ring (bicyclic) bond motifs is 3. The minimum absolute atomic E-state index is 0. The zero-order chi connectivity index (χ0) is 49.1. The topological polar surface area (TPSA) is 199 Å². The second kappa shape index (κ2) is 29.4. The van der Waals surface area contributed by atoms with E-state index in [1.54, 1.807) is 89.9 Å². The summed E-state index contributed by atoms with van der Waals surface area (Å²) < 4.78 is 5.54. The van der Waals surface area contributed by atoms with Crippen LogP contribution in [-0.2, 0) is 18.4 Å². The Hall–Kier alpha value is -5.25. The van der Waals surface area contributed by atoms with Gasteiger partial charge in [-0.15, -0.1) is 0 Å². The van der Waals surface area contributed by atoms with Gasteiger partial charge >= 0.3 is 29.6 Å². The van der Waals surface area contributed by atoms with Crippen molar-refractivity contribution in [3.63, 3.8) is 0 Å². The van der Waals surface area contributed by atoms with Crippen LogP contribution < -0.4 is 51.6 Å². The molecule has 0 saturated carbocycles. The first kappa shape index (κ1) is 62.9. The molecule has 0 bridgehead atoms. The molecular formula is C51H46BrCl6N10NaO3. The predicted molar refractivity (Wildman–Crippen MR) is 304 cm³/mol. The molecule has 0 unspecified atom stereocenters. The summed E-state index contributed by atoms with van der Waals surface area (Å²) in [4.78, 5) is 41.5. The monoisotopic (exact) mass is 1160 g/mol. The van der Waals surface area contributed by atoms with Crippen molar-refractivity contribution in [2.24, 2.45) is 10.8 Å². The van der Waals surface area contributed by atoms with Gasteiger partial charge in [-0.3, -0.25) is 19.3 Å². The van der Waals surface area contributed by atoms with E-state index in [9.17, 15) is 14.4 Å². The number of halogens is 7. The third-order valence-electron chi connectivity index (χ3n) is 10.1. The molecule has 0 aliphatic heterocycles. The maximum absolute atomic E-state index is 12.5. The van der Waals surface area contributed by atoms with Crippen LogP contribution >= 0.6 is 85.5 Å². The van der Waals surface area contributed by atoms with Crippen LogP contribution in [0, 0.1) is 0 Å². The summed E-state index contributed by atoms with van der Waals surface area (Å²) in [5.74, 6) is 0. The van der Waals surface area contributed by atoms with Crippen LogP contribution in [-0.4, -0.2) is 13.7 Å². The molecule has 3 aromatic heterocycles. The van der Waals surface area contributed by atoms with Crippen molar-refractivity contribution < 1.29 is 31.0 Å². The minimum Gasteiger partial charge on any atom is -0.373 e. The van der Waals surface area contributed by atoms with Crippen molar-refractivity contribution in [2.45, 2.75) is 40.7 Å². The Morgan fingerprint density at radius 3 is 1.14 bits per heavy atom. The Kier molecular flexibility index (Phi) is 25.7. The first-order chi connectivity index (χ1) is 32.8. The first-order valence-electron chi connectivity index (χ1n) is 19.8. The van der Waals surface area contributed by atoms with Gasteiger partial charge < -0.3 is 30.5 Å². The fourth-order valence-corrected chi connectivity index (χ4v) is 8.64. The third-order valence-corrected chi connectivity index (χ3v) is 12.4. The number of pyridine rings is 3. The number of aromatic nitrogens is 3. The maximum atomic E-state index is 12.5. The van der Waals surface area contributed by atoms with E-state index < -0.39 is 0 Å². The molecule has 13 nitrogen and oxygen atoms in total. The summed E-state index contributed by atoms with van der Waals surface area (Å²) in [5, 5.41) is 9.04. The molecule has 9 aromatic rings. The van der Waals surface area contributed by atoms with Gasteiger partial charge in [0, 0.05) is 84.7 Å². The van der Waals surface area contributed by atoms with E-state index in [1.807, 2.05) is 69.8 Å². The van der Waals surface area contributed by atoms with Crippen LogP contribution in [0.2, 0.25) is 30.1 Å². The molecule has 0 fully saturated rings. The van der Waals surface area contributed by atoms with E-state index in [1.165, 1.54) is 4.91 Å². The van der Waals surface area contributed by atoms with Gasteiger partial charge in [0.05, 0.1) is 55.2 Å². The number of alkyl halides is 1. The van der Waals surface area contributed by atoms with E-state index in [4.69, 9.17) is 91.9 Å². The summed E-state index contributed by atoms with van der Waals surface area (Å²) in [7, 11) is 0. The summed E-state index contributed by atoms with van der Waals surface area (Å²) in [6, 6.07) is 37.6. The van der Waals surface area contributed by atoms with Crippen molar-refractivity contribution >= 4 is 118 Å². The molecule has 3 heterocycles. The van der Waals surface area contributed by atoms with Crippen LogP contribution in [0.25, 0.3) is 76.2 Å². The van der Waals surface area contributed by atoms with Gasteiger partial charge in [-0.05, 0) is 96.5 Å². The molecule has 72 heavy (non-hydrogen) atoms. The molecule has 0 radical (unpaired) electrons. The molecule has 0 aliphatic carbocycles. The Balaban J connectivity index is 0.000000516. The molecular weight excluding hydrogens is 1120 g/mol. The van der Waals surface area contributed by atoms with Crippen molar-refractivity contribution in [3.05, 3.63) is 250 Å². The first-order valence-corrected chi connectivity index (χ1v) is 23.2. The number of para-hydroxylation sites is 3. The van der Waals surface area contributed by atoms with Gasteiger partial charge in [0.25, 0.3) is 0 Å². The number of hydrogen-bond acceptors (Lipinski definition) is 5. The van der Waals surface area contributed by atoms with Gasteiger partial charge in [0.1, 0.15) is 0 Å². The van der Waals surface area contributed by atoms with E-state index in [0.29, 0.717) is 85.0 Å². The van der Waals surface area contributed by atoms with Crippen LogP contribution in [0.5, 0.6) is 0 Å². The number of benzene rings is 6. The molecule has 6 aromatic carbocycles. The molecule has 0 atom stereocenters. The second-order valence-electron chi connectivity index (χ2n) is 14.2. The summed E-state index contributed by atoms with van der Waals surface area (Å²) in [6.45, 7) is 0.139. The average Bonchev–Trinajstić information content (AvgIpc) is 3.33. The number of rotatable bonds is 7. The van der Waals surface area contributed by atoms with Crippen LogP contribution in [0.4, 0.5) is 0 Å². The van der Waals surface area contributed by atoms with Crippen molar-refractivity contribution in [2.75, 3.05) is 0 Å². The predicted octanol–water partition coefficient (Wildman–Crippen LogP) is 14.1. The molecule has 9 rings (SSSR count). The van der Waals surface area contributed by atoms with Crippen molar-refractivity contribution in [1.82, 2.24) is 13.7 Å². The summed E-state index contributed by atoms with van der Waals surface area (Å²) in [5.41, 5.74) is 33.4. The molecule has 0 saturated heterocycles. The maximum Gasteiger partial charge on any atom is 1.00 e. The summed E-state index contributed by atoms with van der Waals surface area (Å²) >= 11 is 40.4. The zero-order valence-corrected chi connectivity index (χ0v) is 44.1. The Morgan fingerprint density at radius 1 is 0.514 bits per heavy atom. The molecule has 0 amide bonds. The number of nitrogens with two attached hydrogens (primary N) is 1. The molecule has 368 valence electrons. The molecule has 21 heteroatoms. The fourth-order valence-electron chi connectivity index (χ4n) is 7.06. The van der Waals surface area contributed by atoms with Crippen LogP contribution in [0.3, 0.4) is 0 Å². The Bertz CT molecular complexity index is 3500. The van der Waals surface area contributed by atoms with E-state index >= 15 is 0 Å². The molecule has 2 N–H and O–H groups in total. The largest absolute Gasteiger partial charge is 1.00 e.